The van der Waals surface area contributed by atoms with Gasteiger partial charge in [0.1, 0.15) is 18.1 Å². The standard InChI is InChI=1S/C18H21BrN6O2/c19-14-2-3-17-16(10-14)18(11-20-22-17)27-13-15-12-25(23-21-15)5-1-4-24-6-8-26-9-7-24/h2-3,10-12H,1,4-9,13H2. The summed E-state index contributed by atoms with van der Waals surface area (Å²) in [6.45, 7) is 5.94. The molecule has 0 N–H and O–H groups in total. The lowest BCUT2D eigenvalue weighted by molar-refractivity contribution is 0.0368. The molecular weight excluding hydrogens is 412 g/mol. The molecule has 8 nitrogen and oxygen atoms in total. The molecule has 1 saturated heterocycles. The second kappa shape index (κ2) is 8.73. The van der Waals surface area contributed by atoms with Gasteiger partial charge in [0.2, 0.25) is 0 Å². The number of nitrogens with zero attached hydrogens (tertiary/aromatic N) is 6. The molecule has 142 valence electrons. The first-order valence-corrected chi connectivity index (χ1v) is 9.80. The van der Waals surface area contributed by atoms with Crippen LogP contribution in [0.1, 0.15) is 12.1 Å². The Morgan fingerprint density at radius 3 is 2.93 bits per heavy atom. The quantitative estimate of drug-likeness (QED) is 0.566. The molecule has 9 heteroatoms. The molecular formula is C18H21BrN6O2. The van der Waals surface area contributed by atoms with E-state index in [1.807, 2.05) is 29.1 Å². The summed E-state index contributed by atoms with van der Waals surface area (Å²) in [5.74, 6) is 0.683. The van der Waals surface area contributed by atoms with Crippen molar-refractivity contribution in [2.45, 2.75) is 19.6 Å². The third kappa shape index (κ3) is 4.79. The predicted molar refractivity (Wildman–Crippen MR) is 103 cm³/mol. The monoisotopic (exact) mass is 432 g/mol. The van der Waals surface area contributed by atoms with Gasteiger partial charge >= 0.3 is 0 Å². The number of halogens is 1. The third-order valence-electron chi connectivity index (χ3n) is 4.49. The minimum atomic E-state index is 0.344. The topological polar surface area (TPSA) is 78.2 Å². The third-order valence-corrected chi connectivity index (χ3v) is 4.98. The minimum Gasteiger partial charge on any atom is -0.485 e. The van der Waals surface area contributed by atoms with Crippen LogP contribution in [-0.2, 0) is 17.9 Å². The first-order valence-electron chi connectivity index (χ1n) is 9.01. The van der Waals surface area contributed by atoms with Crippen LogP contribution in [0.4, 0.5) is 0 Å². The number of rotatable bonds is 7. The molecule has 1 aromatic carbocycles. The number of benzene rings is 1. The second-order valence-electron chi connectivity index (χ2n) is 6.44. The molecule has 1 fully saturated rings. The summed E-state index contributed by atoms with van der Waals surface area (Å²) >= 11 is 3.48. The van der Waals surface area contributed by atoms with Crippen LogP contribution in [0.3, 0.4) is 0 Å². The van der Waals surface area contributed by atoms with Crippen molar-refractivity contribution in [1.29, 1.82) is 0 Å². The zero-order valence-corrected chi connectivity index (χ0v) is 16.5. The van der Waals surface area contributed by atoms with E-state index in [9.17, 15) is 0 Å². The summed E-state index contributed by atoms with van der Waals surface area (Å²) in [4.78, 5) is 2.42. The maximum absolute atomic E-state index is 5.91. The van der Waals surface area contributed by atoms with E-state index in [0.29, 0.717) is 12.4 Å². The van der Waals surface area contributed by atoms with E-state index in [1.165, 1.54) is 0 Å². The van der Waals surface area contributed by atoms with Gasteiger partial charge in [-0.25, -0.2) is 0 Å². The van der Waals surface area contributed by atoms with Crippen molar-refractivity contribution >= 4 is 26.8 Å². The number of aromatic nitrogens is 5. The molecule has 0 saturated carbocycles. The second-order valence-corrected chi connectivity index (χ2v) is 7.36. The Balaban J connectivity index is 1.31. The first kappa shape index (κ1) is 18.3. The fourth-order valence-corrected chi connectivity index (χ4v) is 3.43. The van der Waals surface area contributed by atoms with Crippen LogP contribution in [0.2, 0.25) is 0 Å². The summed E-state index contributed by atoms with van der Waals surface area (Å²) in [6, 6.07) is 5.81. The molecule has 0 aliphatic carbocycles. The van der Waals surface area contributed by atoms with Gasteiger partial charge in [0.05, 0.1) is 31.1 Å². The molecule has 0 radical (unpaired) electrons. The van der Waals surface area contributed by atoms with Gasteiger partial charge in [-0.15, -0.1) is 5.10 Å². The van der Waals surface area contributed by atoms with Crippen LogP contribution < -0.4 is 4.74 Å². The smallest absolute Gasteiger partial charge is 0.149 e. The van der Waals surface area contributed by atoms with Crippen molar-refractivity contribution < 1.29 is 9.47 Å². The molecule has 1 aliphatic heterocycles. The number of hydrogen-bond donors (Lipinski definition) is 0. The highest BCUT2D eigenvalue weighted by Crippen LogP contribution is 2.26. The Labute approximate surface area is 165 Å². The summed E-state index contributed by atoms with van der Waals surface area (Å²) < 4.78 is 14.1. The summed E-state index contributed by atoms with van der Waals surface area (Å²) in [5, 5.41) is 17.4. The number of aryl methyl sites for hydroxylation is 1. The Bertz CT molecular complexity index is 896. The molecule has 0 bridgehead atoms. The molecule has 0 spiro atoms. The largest absolute Gasteiger partial charge is 0.485 e. The molecule has 0 amide bonds. The van der Waals surface area contributed by atoms with Gasteiger partial charge in [-0.2, -0.15) is 10.2 Å². The average molecular weight is 433 g/mol. The van der Waals surface area contributed by atoms with Gasteiger partial charge in [-0.3, -0.25) is 9.58 Å². The molecule has 1 aliphatic rings. The average Bonchev–Trinajstić information content (AvgIpc) is 3.15. The minimum absolute atomic E-state index is 0.344. The molecule has 3 aromatic rings. The van der Waals surface area contributed by atoms with Gasteiger partial charge < -0.3 is 9.47 Å². The van der Waals surface area contributed by atoms with Gasteiger partial charge in [0.25, 0.3) is 0 Å². The molecule has 4 rings (SSSR count). The first-order chi connectivity index (χ1) is 13.3. The highest BCUT2D eigenvalue weighted by molar-refractivity contribution is 9.10. The highest BCUT2D eigenvalue weighted by atomic mass is 79.9. The van der Waals surface area contributed by atoms with Gasteiger partial charge in [0.15, 0.2) is 0 Å². The number of ether oxygens (including phenoxy) is 2. The zero-order chi connectivity index (χ0) is 18.5. The number of morpholine rings is 1. The van der Waals surface area contributed by atoms with Gasteiger partial charge in [-0.1, -0.05) is 21.1 Å². The predicted octanol–water partition coefficient (Wildman–Crippen LogP) is 2.29. The highest BCUT2D eigenvalue weighted by Gasteiger charge is 2.10. The number of hydrogen-bond acceptors (Lipinski definition) is 7. The van der Waals surface area contributed by atoms with Crippen LogP contribution in [0.15, 0.2) is 35.1 Å². The van der Waals surface area contributed by atoms with E-state index in [-0.39, 0.29) is 0 Å². The van der Waals surface area contributed by atoms with Crippen molar-refractivity contribution in [2.75, 3.05) is 32.8 Å². The fourth-order valence-electron chi connectivity index (χ4n) is 3.07. The lowest BCUT2D eigenvalue weighted by Gasteiger charge is -2.26. The van der Waals surface area contributed by atoms with E-state index < -0.39 is 0 Å². The molecule has 2 aromatic heterocycles. The maximum atomic E-state index is 5.91. The van der Waals surface area contributed by atoms with Crippen LogP contribution in [-0.4, -0.2) is 62.9 Å². The van der Waals surface area contributed by atoms with E-state index in [1.54, 1.807) is 6.20 Å². The normalized spacial score (nSPS) is 15.3. The van der Waals surface area contributed by atoms with Crippen molar-refractivity contribution in [3.8, 4) is 5.75 Å². The molecule has 0 atom stereocenters. The van der Waals surface area contributed by atoms with E-state index in [2.05, 4.69) is 41.3 Å². The van der Waals surface area contributed by atoms with Crippen LogP contribution in [0.5, 0.6) is 5.75 Å². The molecule has 27 heavy (non-hydrogen) atoms. The summed E-state index contributed by atoms with van der Waals surface area (Å²) in [6.07, 6.45) is 4.60. The zero-order valence-electron chi connectivity index (χ0n) is 14.9. The van der Waals surface area contributed by atoms with Crippen molar-refractivity contribution in [3.05, 3.63) is 40.8 Å². The Kier molecular flexibility index (Phi) is 5.90. The molecule has 3 heterocycles. The van der Waals surface area contributed by atoms with Crippen molar-refractivity contribution in [1.82, 2.24) is 30.1 Å². The Hall–Kier alpha value is -2.10. The SMILES string of the molecule is Brc1ccc2nncc(OCc3cn(CCCN4CCOCC4)nn3)c2c1. The van der Waals surface area contributed by atoms with Crippen molar-refractivity contribution in [2.24, 2.45) is 0 Å². The Morgan fingerprint density at radius 1 is 1.15 bits per heavy atom. The molecule has 0 unspecified atom stereocenters. The van der Waals surface area contributed by atoms with E-state index >= 15 is 0 Å². The summed E-state index contributed by atoms with van der Waals surface area (Å²) in [5.41, 5.74) is 1.59. The number of fused-ring (bicyclic) bond motifs is 1. The lowest BCUT2D eigenvalue weighted by atomic mass is 10.2. The van der Waals surface area contributed by atoms with Crippen LogP contribution in [0, 0.1) is 0 Å². The van der Waals surface area contributed by atoms with Crippen LogP contribution >= 0.6 is 15.9 Å². The van der Waals surface area contributed by atoms with Crippen LogP contribution in [0.25, 0.3) is 10.9 Å². The van der Waals surface area contributed by atoms with Gasteiger partial charge in [-0.05, 0) is 24.6 Å². The maximum Gasteiger partial charge on any atom is 0.149 e. The van der Waals surface area contributed by atoms with E-state index in [4.69, 9.17) is 9.47 Å². The Morgan fingerprint density at radius 2 is 2.04 bits per heavy atom. The lowest BCUT2D eigenvalue weighted by Crippen LogP contribution is -2.37. The van der Waals surface area contributed by atoms with Crippen molar-refractivity contribution in [3.63, 3.8) is 0 Å². The van der Waals surface area contributed by atoms with Gasteiger partial charge in [0, 0.05) is 36.0 Å². The van der Waals surface area contributed by atoms with E-state index in [0.717, 1.165) is 66.9 Å². The fraction of sp³-hybridized carbons (Fsp3) is 0.444. The summed E-state index contributed by atoms with van der Waals surface area (Å²) in [7, 11) is 0.